The third kappa shape index (κ3) is 4.68. The van der Waals surface area contributed by atoms with Crippen LogP contribution in [0.1, 0.15) is 6.92 Å². The van der Waals surface area contributed by atoms with Gasteiger partial charge < -0.3 is 19.9 Å². The minimum Gasteiger partial charge on any atom is -0.383 e. The van der Waals surface area contributed by atoms with Crippen LogP contribution >= 0.6 is 0 Å². The molecule has 0 unspecified atom stereocenters. The van der Waals surface area contributed by atoms with Crippen molar-refractivity contribution >= 4 is 11.6 Å². The summed E-state index contributed by atoms with van der Waals surface area (Å²) in [5.74, 6) is -0.146. The lowest BCUT2D eigenvalue weighted by Crippen LogP contribution is -2.30. The molecule has 0 spiro atoms. The van der Waals surface area contributed by atoms with E-state index in [0.29, 0.717) is 25.4 Å². The van der Waals surface area contributed by atoms with E-state index in [9.17, 15) is 9.59 Å². The van der Waals surface area contributed by atoms with Crippen LogP contribution in [0.15, 0.2) is 23.1 Å². The molecule has 1 amide bonds. The predicted octanol–water partition coefficient (Wildman–Crippen LogP) is 0.0427. The number of anilines is 1. The number of rotatable bonds is 7. The van der Waals surface area contributed by atoms with Crippen molar-refractivity contribution in [2.24, 2.45) is 0 Å². The van der Waals surface area contributed by atoms with Gasteiger partial charge in [0.15, 0.2) is 0 Å². The summed E-state index contributed by atoms with van der Waals surface area (Å²) >= 11 is 0. The third-order valence-corrected chi connectivity index (χ3v) is 2.38. The van der Waals surface area contributed by atoms with E-state index in [0.717, 1.165) is 0 Å². The summed E-state index contributed by atoms with van der Waals surface area (Å²) in [7, 11) is 1.61. The van der Waals surface area contributed by atoms with Crippen LogP contribution in [-0.2, 0) is 16.1 Å². The number of pyridine rings is 1. The first-order valence-electron chi connectivity index (χ1n) is 5.87. The number of aromatic nitrogens is 1. The standard InChI is InChI=1S/C12H19N3O3/c1-3-15-9-10(4-5-12(15)17)14-11(16)8-13-6-7-18-2/h4-5,9,13H,3,6-8H2,1-2H3,(H,14,16). The van der Waals surface area contributed by atoms with E-state index in [1.165, 1.54) is 10.6 Å². The van der Waals surface area contributed by atoms with Crippen LogP contribution in [0.3, 0.4) is 0 Å². The smallest absolute Gasteiger partial charge is 0.250 e. The summed E-state index contributed by atoms with van der Waals surface area (Å²) in [6.07, 6.45) is 1.63. The van der Waals surface area contributed by atoms with Crippen molar-refractivity contribution in [2.75, 3.05) is 32.1 Å². The second-order valence-electron chi connectivity index (χ2n) is 3.76. The summed E-state index contributed by atoms with van der Waals surface area (Å²) in [5, 5.41) is 5.66. The Kier molecular flexibility index (Phi) is 6.10. The number of nitrogens with zero attached hydrogens (tertiary/aromatic N) is 1. The molecule has 0 aromatic carbocycles. The lowest BCUT2D eigenvalue weighted by molar-refractivity contribution is -0.115. The SMILES string of the molecule is CCn1cc(NC(=O)CNCCOC)ccc1=O. The first-order valence-corrected chi connectivity index (χ1v) is 5.87. The summed E-state index contributed by atoms with van der Waals surface area (Å²) in [6, 6.07) is 3.04. The van der Waals surface area contributed by atoms with Gasteiger partial charge in [0.2, 0.25) is 5.91 Å². The predicted molar refractivity (Wildman–Crippen MR) is 69.8 cm³/mol. The first kappa shape index (κ1) is 14.4. The second kappa shape index (κ2) is 7.62. The normalized spacial score (nSPS) is 10.3. The highest BCUT2D eigenvalue weighted by molar-refractivity contribution is 5.92. The zero-order valence-electron chi connectivity index (χ0n) is 10.7. The van der Waals surface area contributed by atoms with E-state index in [4.69, 9.17) is 4.74 Å². The lowest BCUT2D eigenvalue weighted by atomic mass is 10.4. The van der Waals surface area contributed by atoms with Crippen LogP contribution in [0.25, 0.3) is 0 Å². The van der Waals surface area contributed by atoms with Crippen LogP contribution in [0.2, 0.25) is 0 Å². The van der Waals surface area contributed by atoms with E-state index in [2.05, 4.69) is 10.6 Å². The maximum Gasteiger partial charge on any atom is 0.250 e. The minimum absolute atomic E-state index is 0.0753. The average Bonchev–Trinajstić information content (AvgIpc) is 2.37. The molecule has 0 radical (unpaired) electrons. The van der Waals surface area contributed by atoms with Gasteiger partial charge in [-0.1, -0.05) is 0 Å². The first-order chi connectivity index (χ1) is 8.67. The fraction of sp³-hybridized carbons (Fsp3) is 0.500. The van der Waals surface area contributed by atoms with Gasteiger partial charge in [0.1, 0.15) is 0 Å². The molecule has 0 aliphatic carbocycles. The number of hydrogen-bond acceptors (Lipinski definition) is 4. The van der Waals surface area contributed by atoms with Gasteiger partial charge in [-0.3, -0.25) is 9.59 Å². The van der Waals surface area contributed by atoms with Crippen molar-refractivity contribution in [3.8, 4) is 0 Å². The Bertz CT molecular complexity index is 442. The van der Waals surface area contributed by atoms with E-state index in [1.807, 2.05) is 6.92 Å². The molecule has 0 atom stereocenters. The van der Waals surface area contributed by atoms with Crippen LogP contribution in [-0.4, -0.2) is 37.3 Å². The van der Waals surface area contributed by atoms with E-state index in [-0.39, 0.29) is 18.0 Å². The molecule has 0 fully saturated rings. The van der Waals surface area contributed by atoms with E-state index in [1.54, 1.807) is 19.4 Å². The number of aryl methyl sites for hydroxylation is 1. The van der Waals surface area contributed by atoms with Gasteiger partial charge in [-0.15, -0.1) is 0 Å². The number of methoxy groups -OCH3 is 1. The number of carbonyl (C=O) groups is 1. The van der Waals surface area contributed by atoms with Gasteiger partial charge in [-0.05, 0) is 13.0 Å². The van der Waals surface area contributed by atoms with Crippen molar-refractivity contribution in [1.82, 2.24) is 9.88 Å². The van der Waals surface area contributed by atoms with Gasteiger partial charge in [0.05, 0.1) is 18.8 Å². The number of hydrogen-bond donors (Lipinski definition) is 2. The Hall–Kier alpha value is -1.66. The van der Waals surface area contributed by atoms with E-state index < -0.39 is 0 Å². The Morgan fingerprint density at radius 1 is 1.44 bits per heavy atom. The Balaban J connectivity index is 2.46. The summed E-state index contributed by atoms with van der Waals surface area (Å²) < 4.78 is 6.39. The van der Waals surface area contributed by atoms with Crippen LogP contribution in [0, 0.1) is 0 Å². The molecule has 0 bridgehead atoms. The number of ether oxygens (including phenoxy) is 1. The van der Waals surface area contributed by atoms with Gasteiger partial charge in [0, 0.05) is 32.5 Å². The topological polar surface area (TPSA) is 72.4 Å². The van der Waals surface area contributed by atoms with Crippen LogP contribution in [0.5, 0.6) is 0 Å². The Morgan fingerprint density at radius 3 is 2.89 bits per heavy atom. The number of carbonyl (C=O) groups excluding carboxylic acids is 1. The quantitative estimate of drug-likeness (QED) is 0.673. The number of nitrogens with one attached hydrogen (secondary N) is 2. The molecule has 0 aliphatic rings. The molecular weight excluding hydrogens is 234 g/mol. The van der Waals surface area contributed by atoms with Gasteiger partial charge >= 0.3 is 0 Å². The van der Waals surface area contributed by atoms with Gasteiger partial charge in [-0.2, -0.15) is 0 Å². The molecular formula is C12H19N3O3. The molecule has 18 heavy (non-hydrogen) atoms. The van der Waals surface area contributed by atoms with Crippen molar-refractivity contribution < 1.29 is 9.53 Å². The van der Waals surface area contributed by atoms with E-state index >= 15 is 0 Å². The zero-order valence-corrected chi connectivity index (χ0v) is 10.7. The second-order valence-corrected chi connectivity index (χ2v) is 3.76. The minimum atomic E-state index is -0.146. The van der Waals surface area contributed by atoms with Crippen molar-refractivity contribution in [1.29, 1.82) is 0 Å². The molecule has 2 N–H and O–H groups in total. The molecule has 100 valence electrons. The Labute approximate surface area is 106 Å². The third-order valence-electron chi connectivity index (χ3n) is 2.38. The van der Waals surface area contributed by atoms with Gasteiger partial charge in [0.25, 0.3) is 5.56 Å². The largest absolute Gasteiger partial charge is 0.383 e. The monoisotopic (exact) mass is 253 g/mol. The molecule has 0 saturated carbocycles. The molecule has 1 aromatic rings. The summed E-state index contributed by atoms with van der Waals surface area (Å²) in [4.78, 5) is 22.9. The molecule has 0 aliphatic heterocycles. The Morgan fingerprint density at radius 2 is 2.22 bits per heavy atom. The fourth-order valence-electron chi connectivity index (χ4n) is 1.43. The lowest BCUT2D eigenvalue weighted by Gasteiger charge is -2.08. The zero-order chi connectivity index (χ0) is 13.4. The fourth-order valence-corrected chi connectivity index (χ4v) is 1.43. The van der Waals surface area contributed by atoms with Crippen molar-refractivity contribution in [3.63, 3.8) is 0 Å². The molecule has 0 saturated heterocycles. The molecule has 6 nitrogen and oxygen atoms in total. The summed E-state index contributed by atoms with van der Waals surface area (Å²) in [5.41, 5.74) is 0.545. The maximum atomic E-state index is 11.6. The maximum absolute atomic E-state index is 11.6. The molecule has 1 heterocycles. The van der Waals surface area contributed by atoms with Crippen molar-refractivity contribution in [3.05, 3.63) is 28.7 Å². The molecule has 1 rings (SSSR count). The van der Waals surface area contributed by atoms with Gasteiger partial charge in [-0.25, -0.2) is 0 Å². The molecule has 6 heteroatoms. The average molecular weight is 253 g/mol. The summed E-state index contributed by atoms with van der Waals surface area (Å²) in [6.45, 7) is 3.86. The highest BCUT2D eigenvalue weighted by Gasteiger charge is 2.02. The van der Waals surface area contributed by atoms with Crippen molar-refractivity contribution in [2.45, 2.75) is 13.5 Å². The van der Waals surface area contributed by atoms with Crippen LogP contribution in [0.4, 0.5) is 5.69 Å². The highest BCUT2D eigenvalue weighted by atomic mass is 16.5. The van der Waals surface area contributed by atoms with Crippen LogP contribution < -0.4 is 16.2 Å². The number of amides is 1. The highest BCUT2D eigenvalue weighted by Crippen LogP contribution is 2.02. The molecule has 1 aromatic heterocycles.